The summed E-state index contributed by atoms with van der Waals surface area (Å²) in [4.78, 5) is 48.2. The van der Waals surface area contributed by atoms with Crippen LogP contribution in [0.1, 0.15) is 23.0 Å². The van der Waals surface area contributed by atoms with Crippen LogP contribution in [0.15, 0.2) is 33.9 Å². The highest BCUT2D eigenvalue weighted by molar-refractivity contribution is 6.33. The minimum absolute atomic E-state index is 0.132. The molecule has 0 spiro atoms. The fraction of sp³-hybridized carbons (Fsp3) is 0.294. The van der Waals surface area contributed by atoms with E-state index in [-0.39, 0.29) is 26.9 Å². The van der Waals surface area contributed by atoms with Crippen molar-refractivity contribution in [1.82, 2.24) is 9.13 Å². The molecule has 0 N–H and O–H groups in total. The number of halogens is 4. The molecule has 0 aliphatic heterocycles. The van der Waals surface area contributed by atoms with E-state index in [4.69, 9.17) is 16.3 Å². The second-order valence-corrected chi connectivity index (χ2v) is 6.18. The van der Waals surface area contributed by atoms with Crippen molar-refractivity contribution >= 4 is 23.5 Å². The first-order valence-corrected chi connectivity index (χ1v) is 8.25. The maximum atomic E-state index is 13.0. The van der Waals surface area contributed by atoms with E-state index in [1.165, 1.54) is 13.0 Å². The number of esters is 2. The monoisotopic (exact) mass is 434 g/mol. The van der Waals surface area contributed by atoms with E-state index in [1.54, 1.807) is 0 Å². The highest BCUT2D eigenvalue weighted by Gasteiger charge is 2.35. The number of rotatable bonds is 4. The van der Waals surface area contributed by atoms with Gasteiger partial charge < -0.3 is 9.47 Å². The number of hydrogen-bond donors (Lipinski definition) is 0. The Morgan fingerprint density at radius 3 is 2.34 bits per heavy atom. The van der Waals surface area contributed by atoms with E-state index in [1.807, 2.05) is 0 Å². The molecule has 0 saturated carbocycles. The van der Waals surface area contributed by atoms with Crippen LogP contribution >= 0.6 is 11.6 Å². The highest BCUT2D eigenvalue weighted by Crippen LogP contribution is 2.27. The lowest BCUT2D eigenvalue weighted by Crippen LogP contribution is -2.40. The van der Waals surface area contributed by atoms with Crippen LogP contribution in [0.5, 0.6) is 0 Å². The van der Waals surface area contributed by atoms with Gasteiger partial charge in [-0.2, -0.15) is 13.2 Å². The average Bonchev–Trinajstić information content (AvgIpc) is 2.64. The van der Waals surface area contributed by atoms with Crippen molar-refractivity contribution in [2.24, 2.45) is 7.05 Å². The summed E-state index contributed by atoms with van der Waals surface area (Å²) in [5.41, 5.74) is -4.50. The summed E-state index contributed by atoms with van der Waals surface area (Å²) in [6, 6.07) is 3.57. The molecule has 1 atom stereocenters. The standard InChI is InChI=1S/C17H14ClF3N2O6/c1-8(14(25)28-3)29-15(26)10-6-9(4-5-11(10)18)23-13(24)7-12(17(19,20)21)22(2)16(23)27/h4-8H,1-3H3. The maximum absolute atomic E-state index is 13.0. The van der Waals surface area contributed by atoms with Gasteiger partial charge in [0.05, 0.1) is 23.4 Å². The molecule has 2 rings (SSSR count). The van der Waals surface area contributed by atoms with Crippen LogP contribution < -0.4 is 11.2 Å². The third kappa shape index (κ3) is 4.50. The molecule has 156 valence electrons. The summed E-state index contributed by atoms with van der Waals surface area (Å²) in [6.45, 7) is 1.25. The lowest BCUT2D eigenvalue weighted by molar-refractivity contribution is -0.149. The van der Waals surface area contributed by atoms with Gasteiger partial charge in [-0.25, -0.2) is 19.0 Å². The van der Waals surface area contributed by atoms with Crippen LogP contribution in [-0.4, -0.2) is 34.3 Å². The molecule has 1 aromatic carbocycles. The molecule has 0 saturated heterocycles. The molecule has 0 fully saturated rings. The zero-order chi connectivity index (χ0) is 22.1. The van der Waals surface area contributed by atoms with Crippen molar-refractivity contribution in [3.63, 3.8) is 0 Å². The van der Waals surface area contributed by atoms with Crippen LogP contribution in [0, 0.1) is 0 Å². The SMILES string of the molecule is COC(=O)C(C)OC(=O)c1cc(-n2c(=O)cc(C(F)(F)F)n(C)c2=O)ccc1Cl. The van der Waals surface area contributed by atoms with E-state index in [9.17, 15) is 32.3 Å². The van der Waals surface area contributed by atoms with Crippen LogP contribution in [-0.2, 0) is 27.5 Å². The molecule has 29 heavy (non-hydrogen) atoms. The molecular formula is C17H14ClF3N2O6. The predicted molar refractivity (Wildman–Crippen MR) is 94.2 cm³/mol. The van der Waals surface area contributed by atoms with Gasteiger partial charge >= 0.3 is 23.8 Å². The van der Waals surface area contributed by atoms with Crippen LogP contribution in [0.25, 0.3) is 5.69 Å². The normalized spacial score (nSPS) is 12.4. The zero-order valence-corrected chi connectivity index (χ0v) is 16.0. The van der Waals surface area contributed by atoms with E-state index in [2.05, 4.69) is 4.74 Å². The fourth-order valence-corrected chi connectivity index (χ4v) is 2.58. The summed E-state index contributed by atoms with van der Waals surface area (Å²) < 4.78 is 48.9. The first kappa shape index (κ1) is 22.2. The summed E-state index contributed by atoms with van der Waals surface area (Å²) in [5.74, 6) is -1.90. The van der Waals surface area contributed by atoms with Crippen LogP contribution in [0.3, 0.4) is 0 Å². The predicted octanol–water partition coefficient (Wildman–Crippen LogP) is 1.93. The van der Waals surface area contributed by atoms with Gasteiger partial charge in [-0.15, -0.1) is 0 Å². The Balaban J connectivity index is 2.57. The van der Waals surface area contributed by atoms with E-state index >= 15 is 0 Å². The molecule has 1 heterocycles. The number of ether oxygens (including phenoxy) is 2. The summed E-state index contributed by atoms with van der Waals surface area (Å²) in [7, 11) is 1.94. The number of alkyl halides is 3. The summed E-state index contributed by atoms with van der Waals surface area (Å²) in [6.07, 6.45) is -6.18. The molecule has 0 radical (unpaired) electrons. The lowest BCUT2D eigenvalue weighted by atomic mass is 10.2. The number of methoxy groups -OCH3 is 1. The largest absolute Gasteiger partial charge is 0.466 e. The Morgan fingerprint density at radius 1 is 1.17 bits per heavy atom. The van der Waals surface area contributed by atoms with Gasteiger partial charge in [0.25, 0.3) is 5.56 Å². The maximum Gasteiger partial charge on any atom is 0.431 e. The third-order valence-electron chi connectivity index (χ3n) is 3.86. The smallest absolute Gasteiger partial charge is 0.431 e. The molecule has 0 bridgehead atoms. The minimum atomic E-state index is -4.91. The zero-order valence-electron chi connectivity index (χ0n) is 15.2. The summed E-state index contributed by atoms with van der Waals surface area (Å²) in [5, 5.41) is -0.132. The van der Waals surface area contributed by atoms with E-state index in [0.717, 1.165) is 26.3 Å². The molecule has 12 heteroatoms. The second-order valence-electron chi connectivity index (χ2n) is 5.78. The number of carbonyl (C=O) groups is 2. The Labute approximate surface area is 166 Å². The fourth-order valence-electron chi connectivity index (χ4n) is 2.38. The van der Waals surface area contributed by atoms with Crippen molar-refractivity contribution in [3.05, 3.63) is 61.4 Å². The van der Waals surface area contributed by atoms with Crippen molar-refractivity contribution < 1.29 is 32.2 Å². The molecule has 1 unspecified atom stereocenters. The quantitative estimate of drug-likeness (QED) is 0.682. The van der Waals surface area contributed by atoms with Crippen molar-refractivity contribution in [1.29, 1.82) is 0 Å². The van der Waals surface area contributed by atoms with Gasteiger partial charge in [0.1, 0.15) is 5.69 Å². The van der Waals surface area contributed by atoms with E-state index < -0.39 is 41.2 Å². The highest BCUT2D eigenvalue weighted by atomic mass is 35.5. The van der Waals surface area contributed by atoms with Crippen molar-refractivity contribution in [2.45, 2.75) is 19.2 Å². The molecule has 0 aliphatic carbocycles. The molecule has 2 aromatic rings. The van der Waals surface area contributed by atoms with Gasteiger partial charge in [0, 0.05) is 13.1 Å². The van der Waals surface area contributed by atoms with Gasteiger partial charge in [-0.3, -0.25) is 9.36 Å². The third-order valence-corrected chi connectivity index (χ3v) is 4.19. The Bertz CT molecular complexity index is 1090. The minimum Gasteiger partial charge on any atom is -0.466 e. The van der Waals surface area contributed by atoms with Crippen molar-refractivity contribution in [3.8, 4) is 5.69 Å². The van der Waals surface area contributed by atoms with Crippen LogP contribution in [0.2, 0.25) is 5.02 Å². The topological polar surface area (TPSA) is 96.6 Å². The van der Waals surface area contributed by atoms with Gasteiger partial charge in [-0.1, -0.05) is 11.6 Å². The first-order valence-electron chi connectivity index (χ1n) is 7.87. The van der Waals surface area contributed by atoms with E-state index in [0.29, 0.717) is 4.57 Å². The first-order chi connectivity index (χ1) is 13.4. The number of carbonyl (C=O) groups excluding carboxylic acids is 2. The Hall–Kier alpha value is -3.08. The molecule has 0 aliphatic rings. The number of aromatic nitrogens is 2. The van der Waals surface area contributed by atoms with Gasteiger partial charge in [0.15, 0.2) is 6.10 Å². The molecule has 0 amide bonds. The van der Waals surface area contributed by atoms with Gasteiger partial charge in [0.2, 0.25) is 0 Å². The number of nitrogens with zero attached hydrogens (tertiary/aromatic N) is 2. The van der Waals surface area contributed by atoms with Crippen molar-refractivity contribution in [2.75, 3.05) is 7.11 Å². The molecule has 1 aromatic heterocycles. The number of hydrogen-bond acceptors (Lipinski definition) is 6. The van der Waals surface area contributed by atoms with Crippen LogP contribution in [0.4, 0.5) is 13.2 Å². The average molecular weight is 435 g/mol. The molecule has 8 nitrogen and oxygen atoms in total. The Kier molecular flexibility index (Phi) is 6.21. The number of benzene rings is 1. The van der Waals surface area contributed by atoms with Gasteiger partial charge in [-0.05, 0) is 25.1 Å². The molecular weight excluding hydrogens is 421 g/mol. The second kappa shape index (κ2) is 8.11. The lowest BCUT2D eigenvalue weighted by Gasteiger charge is -2.15. The summed E-state index contributed by atoms with van der Waals surface area (Å²) >= 11 is 5.93. The Morgan fingerprint density at radius 2 is 1.79 bits per heavy atom.